The summed E-state index contributed by atoms with van der Waals surface area (Å²) in [5.41, 5.74) is 0. The summed E-state index contributed by atoms with van der Waals surface area (Å²) in [6.07, 6.45) is 2.03. The van der Waals surface area contributed by atoms with Gasteiger partial charge in [-0.2, -0.15) is 0 Å². The van der Waals surface area contributed by atoms with Crippen molar-refractivity contribution in [3.63, 3.8) is 0 Å². The van der Waals surface area contributed by atoms with Crippen LogP contribution < -0.4 is 0 Å². The van der Waals surface area contributed by atoms with Crippen molar-refractivity contribution in [1.29, 1.82) is 0 Å². The fraction of sp³-hybridized carbons (Fsp3) is 0.714. The summed E-state index contributed by atoms with van der Waals surface area (Å²) in [6, 6.07) is 0. The molecule has 2 nitrogen and oxygen atoms in total. The molecule has 1 aliphatic rings. The first-order valence-corrected chi connectivity index (χ1v) is 14.9. The maximum atomic E-state index is 5.23. The van der Waals surface area contributed by atoms with E-state index in [2.05, 4.69) is 20.2 Å². The molecule has 1 unspecified atom stereocenters. The molecular weight excluding hydrogens is 265 g/mol. The predicted octanol–water partition coefficient (Wildman–Crippen LogP) is 2.27. The normalized spacial score (nSPS) is 24.7. The number of thioether (sulfide) groups is 1. The Hall–Kier alpha value is 0.649. The minimum absolute atomic E-state index is 0.620. The third-order valence-corrected chi connectivity index (χ3v) is 13.2. The Labute approximate surface area is 76.8 Å². The van der Waals surface area contributed by atoms with E-state index in [1.54, 1.807) is 7.11 Å². The molecule has 4 heteroatoms. The molecule has 1 heterocycles. The number of rotatable bonds is 2. The first-order chi connectivity index (χ1) is 5.05. The van der Waals surface area contributed by atoms with Gasteiger partial charge in [0.2, 0.25) is 0 Å². The summed E-state index contributed by atoms with van der Waals surface area (Å²) in [6.45, 7) is 0. The van der Waals surface area contributed by atoms with Gasteiger partial charge < -0.3 is 0 Å². The summed E-state index contributed by atoms with van der Waals surface area (Å²) in [7, 11) is 1.74. The van der Waals surface area contributed by atoms with Crippen molar-refractivity contribution in [2.75, 3.05) is 7.11 Å². The second-order valence-corrected chi connectivity index (χ2v) is 20.9. The Morgan fingerprint density at radius 2 is 2.09 bits per heavy atom. The van der Waals surface area contributed by atoms with Crippen LogP contribution in [-0.4, -0.2) is 33.9 Å². The van der Waals surface area contributed by atoms with Gasteiger partial charge in [0.1, 0.15) is 0 Å². The number of nitrogens with zero attached hydrogens (tertiary/aromatic N) is 1. The molecule has 0 N–H and O–H groups in total. The molecule has 1 atom stereocenters. The van der Waals surface area contributed by atoms with Crippen molar-refractivity contribution in [2.24, 2.45) is 0 Å². The van der Waals surface area contributed by atoms with Crippen LogP contribution in [0.2, 0.25) is 14.8 Å². The van der Waals surface area contributed by atoms with Gasteiger partial charge in [0.25, 0.3) is 0 Å². The van der Waals surface area contributed by atoms with Crippen molar-refractivity contribution in [3.05, 3.63) is 11.6 Å². The van der Waals surface area contributed by atoms with E-state index in [1.165, 1.54) is 0 Å². The van der Waals surface area contributed by atoms with Gasteiger partial charge in [0.15, 0.2) is 0 Å². The van der Waals surface area contributed by atoms with Crippen molar-refractivity contribution < 1.29 is 4.84 Å². The fourth-order valence-corrected chi connectivity index (χ4v) is 8.97. The van der Waals surface area contributed by atoms with E-state index in [-0.39, 0.29) is 0 Å². The summed E-state index contributed by atoms with van der Waals surface area (Å²) in [5.74, 6) is 0. The molecule has 1 rings (SSSR count). The molecule has 1 aliphatic heterocycles. The molecule has 0 spiro atoms. The second-order valence-electron chi connectivity index (χ2n) is 3.68. The molecule has 0 bridgehead atoms. The standard InChI is InChI=1S/C4H6NOS.3CH3.Sn/c1-6-5-2-3-7-4-5;;;;/h2-4H,1H3;3*1H3;. The van der Waals surface area contributed by atoms with E-state index < -0.39 is 18.4 Å². The third kappa shape index (κ3) is 2.29. The first kappa shape index (κ1) is 9.73. The molecule has 0 saturated carbocycles. The van der Waals surface area contributed by atoms with Gasteiger partial charge in [-0.3, -0.25) is 0 Å². The zero-order valence-corrected chi connectivity index (χ0v) is 11.2. The molecule has 0 aromatic carbocycles. The summed E-state index contributed by atoms with van der Waals surface area (Å²) in [5, 5.41) is 4.11. The summed E-state index contributed by atoms with van der Waals surface area (Å²) < 4.78 is 0.620. The quantitative estimate of drug-likeness (QED) is 0.720. The Kier molecular flexibility index (Phi) is 3.17. The van der Waals surface area contributed by atoms with Crippen LogP contribution in [-0.2, 0) is 4.84 Å². The van der Waals surface area contributed by atoms with Crippen LogP contribution in [0.25, 0.3) is 0 Å². The van der Waals surface area contributed by atoms with Gasteiger partial charge in [-0.05, 0) is 0 Å². The average Bonchev–Trinajstić information content (AvgIpc) is 2.31. The molecule has 0 saturated heterocycles. The van der Waals surface area contributed by atoms with Crippen LogP contribution in [0.4, 0.5) is 0 Å². The van der Waals surface area contributed by atoms with Crippen LogP contribution in [0, 0.1) is 0 Å². The van der Waals surface area contributed by atoms with Gasteiger partial charge >= 0.3 is 77.0 Å². The molecule has 0 radical (unpaired) electrons. The molecule has 64 valence electrons. The molecule has 0 aliphatic carbocycles. The van der Waals surface area contributed by atoms with Crippen LogP contribution in [0.1, 0.15) is 0 Å². The van der Waals surface area contributed by atoms with Gasteiger partial charge in [0.05, 0.1) is 0 Å². The van der Waals surface area contributed by atoms with Crippen molar-refractivity contribution in [2.45, 2.75) is 18.2 Å². The molecule has 11 heavy (non-hydrogen) atoms. The molecular formula is C7H15NOSSn. The number of hydrogen-bond donors (Lipinski definition) is 0. The van der Waals surface area contributed by atoms with Crippen LogP contribution in [0.15, 0.2) is 11.6 Å². The van der Waals surface area contributed by atoms with Crippen LogP contribution in [0.3, 0.4) is 0 Å². The van der Waals surface area contributed by atoms with E-state index in [0.717, 1.165) is 0 Å². The summed E-state index contributed by atoms with van der Waals surface area (Å²) in [4.78, 5) is 12.5. The van der Waals surface area contributed by atoms with Crippen molar-refractivity contribution in [3.8, 4) is 0 Å². The molecule has 0 fully saturated rings. The van der Waals surface area contributed by atoms with Gasteiger partial charge in [-0.1, -0.05) is 0 Å². The first-order valence-electron chi connectivity index (χ1n) is 3.70. The molecule has 0 aromatic heterocycles. The minimum atomic E-state index is -1.80. The Bertz CT molecular complexity index is 166. The van der Waals surface area contributed by atoms with E-state index in [1.807, 2.05) is 23.0 Å². The topological polar surface area (TPSA) is 12.5 Å². The zero-order valence-electron chi connectivity index (χ0n) is 7.50. The number of hydrogen-bond acceptors (Lipinski definition) is 3. The van der Waals surface area contributed by atoms with Crippen LogP contribution in [0.5, 0.6) is 0 Å². The molecule has 0 aromatic rings. The van der Waals surface area contributed by atoms with Gasteiger partial charge in [0, 0.05) is 0 Å². The van der Waals surface area contributed by atoms with E-state index >= 15 is 0 Å². The van der Waals surface area contributed by atoms with Gasteiger partial charge in [-0.25, -0.2) is 0 Å². The summed E-state index contributed by atoms with van der Waals surface area (Å²) >= 11 is 0.0921. The predicted molar refractivity (Wildman–Crippen MR) is 52.7 cm³/mol. The van der Waals surface area contributed by atoms with Crippen LogP contribution >= 0.6 is 11.8 Å². The average molecular weight is 280 g/mol. The van der Waals surface area contributed by atoms with Gasteiger partial charge in [-0.15, -0.1) is 0 Å². The monoisotopic (exact) mass is 281 g/mol. The van der Waals surface area contributed by atoms with E-state index in [4.69, 9.17) is 4.84 Å². The third-order valence-electron chi connectivity index (χ3n) is 1.60. The zero-order chi connectivity index (χ0) is 8.48. The van der Waals surface area contributed by atoms with Crippen molar-refractivity contribution in [1.82, 2.24) is 5.06 Å². The Balaban J connectivity index is 2.61. The van der Waals surface area contributed by atoms with Crippen molar-refractivity contribution >= 4 is 30.1 Å². The van der Waals surface area contributed by atoms with E-state index in [9.17, 15) is 0 Å². The van der Waals surface area contributed by atoms with E-state index in [0.29, 0.717) is 3.39 Å². The maximum absolute atomic E-state index is 5.23. The Morgan fingerprint density at radius 1 is 1.45 bits per heavy atom. The molecule has 0 amide bonds. The fourth-order valence-electron chi connectivity index (χ4n) is 1.05. The second kappa shape index (κ2) is 3.58. The Morgan fingerprint density at radius 3 is 2.45 bits per heavy atom. The SMILES string of the molecule is CON1C=CS[CH]1[Sn]([CH3])([CH3])[CH3]. The number of hydroxylamine groups is 2.